The van der Waals surface area contributed by atoms with Crippen LogP contribution in [0.1, 0.15) is 25.0 Å². The first-order valence-electron chi connectivity index (χ1n) is 22.0. The van der Waals surface area contributed by atoms with Crippen LogP contribution in [0.4, 0.5) is 34.1 Å². The molecule has 0 unspecified atom stereocenters. The number of benzene rings is 9. The number of aromatic nitrogens is 2. The number of fused-ring (bicyclic) bond motifs is 5. The van der Waals surface area contributed by atoms with Crippen LogP contribution < -0.4 is 9.80 Å². The maximum Gasteiger partial charge on any atom is 0.124 e. The third-order valence-corrected chi connectivity index (χ3v) is 14.9. The molecule has 1 aliphatic carbocycles. The quantitative estimate of drug-likeness (QED) is 0.145. The monoisotopic (exact) mass is 870 g/mol. The zero-order chi connectivity index (χ0) is 43.5. The second-order valence-electron chi connectivity index (χ2n) is 17.1. The highest BCUT2D eigenvalue weighted by Crippen LogP contribution is 2.52. The van der Waals surface area contributed by atoms with Crippen molar-refractivity contribution in [2.24, 2.45) is 0 Å². The van der Waals surface area contributed by atoms with Gasteiger partial charge in [-0.05, 0) is 161 Å². The molecule has 0 radical (unpaired) electrons. The van der Waals surface area contributed by atoms with Crippen molar-refractivity contribution in [1.29, 1.82) is 0 Å². The predicted octanol–water partition coefficient (Wildman–Crippen LogP) is 17.2. The summed E-state index contributed by atoms with van der Waals surface area (Å²) < 4.78 is 2.41. The molecule has 0 fully saturated rings. The lowest BCUT2D eigenvalue weighted by Crippen LogP contribution is -2.16. The largest absolute Gasteiger partial charge is 0.311 e. The summed E-state index contributed by atoms with van der Waals surface area (Å²) in [6, 6.07) is 78.6. The Morgan fingerprint density at radius 2 is 0.708 bits per heavy atom. The Morgan fingerprint density at radius 1 is 0.338 bits per heavy atom. The van der Waals surface area contributed by atoms with Crippen molar-refractivity contribution in [2.75, 3.05) is 9.80 Å². The van der Waals surface area contributed by atoms with Crippen molar-refractivity contribution in [2.45, 2.75) is 19.3 Å². The minimum atomic E-state index is -0.211. The fourth-order valence-corrected chi connectivity index (χ4v) is 11.3. The molecule has 0 N–H and O–H groups in total. The Labute approximate surface area is 387 Å². The van der Waals surface area contributed by atoms with Crippen LogP contribution in [0.3, 0.4) is 0 Å². The second-order valence-corrected chi connectivity index (χ2v) is 19.1. The van der Waals surface area contributed by atoms with Crippen LogP contribution in [-0.4, -0.2) is 9.97 Å². The summed E-state index contributed by atoms with van der Waals surface area (Å²) in [7, 11) is 0. The lowest BCUT2D eigenvalue weighted by molar-refractivity contribution is 0.660. The molecule has 12 rings (SSSR count). The molecule has 0 spiro atoms. The Balaban J connectivity index is 0.842. The van der Waals surface area contributed by atoms with E-state index in [0.717, 1.165) is 66.3 Å². The first-order valence-corrected chi connectivity index (χ1v) is 23.6. The van der Waals surface area contributed by atoms with Crippen LogP contribution >= 0.6 is 22.7 Å². The smallest absolute Gasteiger partial charge is 0.124 e. The summed E-state index contributed by atoms with van der Waals surface area (Å²) in [6.45, 7) is 4.74. The first kappa shape index (κ1) is 39.0. The maximum atomic E-state index is 4.92. The molecule has 1 aliphatic rings. The molecule has 4 nitrogen and oxygen atoms in total. The van der Waals surface area contributed by atoms with Gasteiger partial charge in [0.2, 0.25) is 0 Å². The van der Waals surface area contributed by atoms with Gasteiger partial charge in [-0.2, -0.15) is 0 Å². The average molecular weight is 871 g/mol. The van der Waals surface area contributed by atoms with Crippen LogP contribution in [-0.2, 0) is 5.41 Å². The van der Waals surface area contributed by atoms with Gasteiger partial charge in [0.05, 0.1) is 20.4 Å². The molecule has 0 saturated carbocycles. The number of hydrogen-bond donors (Lipinski definition) is 0. The molecule has 0 bridgehead atoms. The number of rotatable bonds is 9. The summed E-state index contributed by atoms with van der Waals surface area (Å²) in [5.74, 6) is 0. The molecular formula is C59H42N4S2. The van der Waals surface area contributed by atoms with Crippen molar-refractivity contribution in [1.82, 2.24) is 9.97 Å². The van der Waals surface area contributed by atoms with Crippen LogP contribution in [0.15, 0.2) is 218 Å². The minimum absolute atomic E-state index is 0.211. The van der Waals surface area contributed by atoms with Crippen LogP contribution in [0.5, 0.6) is 0 Å². The van der Waals surface area contributed by atoms with Crippen molar-refractivity contribution >= 4 is 77.2 Å². The Bertz CT molecular complexity index is 3440. The average Bonchev–Trinajstić information content (AvgIpc) is 4.06. The SMILES string of the molecule is CC1(C)c2cc(-c3ccc(N(c4ccccc4)c4ccc(-c5nc6ccccc6s5)cc4)cc3)ccc2-c2ccc(N(c3ccccc3)c3ccc(-c4nc5ccccc5s4)cc3)cc21. The number of anilines is 6. The zero-order valence-electron chi connectivity index (χ0n) is 35.9. The molecule has 0 aliphatic heterocycles. The van der Waals surface area contributed by atoms with Crippen LogP contribution in [0, 0.1) is 0 Å². The van der Waals surface area contributed by atoms with Crippen LogP contribution in [0.25, 0.3) is 63.8 Å². The topological polar surface area (TPSA) is 32.3 Å². The summed E-state index contributed by atoms with van der Waals surface area (Å²) in [4.78, 5) is 14.5. The molecule has 0 saturated heterocycles. The molecule has 11 aromatic rings. The van der Waals surface area contributed by atoms with Crippen molar-refractivity contribution < 1.29 is 0 Å². The van der Waals surface area contributed by atoms with E-state index in [1.54, 1.807) is 22.7 Å². The van der Waals surface area contributed by atoms with Gasteiger partial charge in [0.15, 0.2) is 0 Å². The van der Waals surface area contributed by atoms with E-state index in [9.17, 15) is 0 Å². The van der Waals surface area contributed by atoms with Crippen molar-refractivity contribution in [3.8, 4) is 43.4 Å². The van der Waals surface area contributed by atoms with E-state index in [1.165, 1.54) is 42.8 Å². The van der Waals surface area contributed by atoms with Gasteiger partial charge in [-0.15, -0.1) is 22.7 Å². The molecule has 6 heteroatoms. The number of nitrogens with zero attached hydrogens (tertiary/aromatic N) is 4. The third kappa shape index (κ3) is 6.99. The summed E-state index contributed by atoms with van der Waals surface area (Å²) >= 11 is 3.47. The second kappa shape index (κ2) is 15.9. The van der Waals surface area contributed by atoms with E-state index in [1.807, 2.05) is 12.1 Å². The number of thiazole rings is 2. The standard InChI is InChI=1S/C59H42N4S2/c1-59(2)51-37-42(39-21-28-45(29-22-39)62(43-13-5-3-6-14-43)46-30-23-40(24-31-46)57-60-53-17-9-11-19-55(53)64-57)27-35-49(51)50-36-34-48(38-52(50)59)63(44-15-7-4-8-16-44)47-32-25-41(26-33-47)58-61-54-18-10-12-20-56(54)65-58/h3-38H,1-2H3. The summed E-state index contributed by atoms with van der Waals surface area (Å²) in [5.41, 5.74) is 18.4. The normalized spacial score (nSPS) is 12.6. The number of para-hydroxylation sites is 4. The van der Waals surface area contributed by atoms with E-state index in [2.05, 4.69) is 230 Å². The lowest BCUT2D eigenvalue weighted by Gasteiger charge is -2.28. The fraction of sp³-hybridized carbons (Fsp3) is 0.0508. The molecule has 9 aromatic carbocycles. The molecule has 0 amide bonds. The Kier molecular flexibility index (Phi) is 9.51. The highest BCUT2D eigenvalue weighted by Gasteiger charge is 2.36. The third-order valence-electron chi connectivity index (χ3n) is 12.7. The molecule has 0 atom stereocenters. The fourth-order valence-electron chi connectivity index (χ4n) is 9.39. The van der Waals surface area contributed by atoms with E-state index >= 15 is 0 Å². The summed E-state index contributed by atoms with van der Waals surface area (Å²) in [5, 5.41) is 2.07. The van der Waals surface area contributed by atoms with Crippen molar-refractivity contribution in [3.63, 3.8) is 0 Å². The van der Waals surface area contributed by atoms with Crippen LogP contribution in [0.2, 0.25) is 0 Å². The Hall–Kier alpha value is -7.64. The molecule has 310 valence electrons. The zero-order valence-corrected chi connectivity index (χ0v) is 37.5. The minimum Gasteiger partial charge on any atom is -0.311 e. The first-order chi connectivity index (χ1) is 31.9. The maximum absolute atomic E-state index is 4.92. The molecular weight excluding hydrogens is 829 g/mol. The lowest BCUT2D eigenvalue weighted by atomic mass is 9.81. The van der Waals surface area contributed by atoms with Gasteiger partial charge in [-0.3, -0.25) is 0 Å². The number of hydrogen-bond acceptors (Lipinski definition) is 6. The molecule has 2 heterocycles. The van der Waals surface area contributed by atoms with Gasteiger partial charge in [0, 0.05) is 50.7 Å². The van der Waals surface area contributed by atoms with Gasteiger partial charge >= 0.3 is 0 Å². The van der Waals surface area contributed by atoms with E-state index in [0.29, 0.717) is 0 Å². The molecule has 2 aromatic heterocycles. The summed E-state index contributed by atoms with van der Waals surface area (Å²) in [6.07, 6.45) is 0. The molecule has 65 heavy (non-hydrogen) atoms. The van der Waals surface area contributed by atoms with E-state index < -0.39 is 0 Å². The van der Waals surface area contributed by atoms with Gasteiger partial charge in [0.25, 0.3) is 0 Å². The van der Waals surface area contributed by atoms with Crippen molar-refractivity contribution in [3.05, 3.63) is 230 Å². The Morgan fingerprint density at radius 3 is 1.20 bits per heavy atom. The van der Waals surface area contributed by atoms with Gasteiger partial charge in [0.1, 0.15) is 10.0 Å². The highest BCUT2D eigenvalue weighted by molar-refractivity contribution is 7.22. The van der Waals surface area contributed by atoms with E-state index in [4.69, 9.17) is 9.97 Å². The van der Waals surface area contributed by atoms with Gasteiger partial charge < -0.3 is 9.80 Å². The van der Waals surface area contributed by atoms with Gasteiger partial charge in [-0.25, -0.2) is 9.97 Å². The highest BCUT2D eigenvalue weighted by atomic mass is 32.1. The van der Waals surface area contributed by atoms with E-state index in [-0.39, 0.29) is 5.41 Å². The van der Waals surface area contributed by atoms with Gasteiger partial charge in [-0.1, -0.05) is 105 Å². The predicted molar refractivity (Wildman–Crippen MR) is 276 cm³/mol.